The number of benzene rings is 2. The fourth-order valence-corrected chi connectivity index (χ4v) is 4.54. The Bertz CT molecular complexity index is 1340. The van der Waals surface area contributed by atoms with Gasteiger partial charge < -0.3 is 48.7 Å². The first kappa shape index (κ1) is 52.0. The number of carbonyl (C=O) groups excluding carboxylic acids is 1. The van der Waals surface area contributed by atoms with Gasteiger partial charge in [0.1, 0.15) is 24.6 Å². The molecule has 0 aliphatic carbocycles. The molecule has 2 aromatic rings. The van der Waals surface area contributed by atoms with Crippen molar-refractivity contribution in [2.24, 2.45) is 0 Å². The number of ether oxygens (including phenoxy) is 1. The molecule has 0 unspecified atom stereocenters. The van der Waals surface area contributed by atoms with Crippen LogP contribution in [-0.4, -0.2) is 89.1 Å². The second-order valence-electron chi connectivity index (χ2n) is 14.8. The molecule has 1 N–H and O–H groups in total. The molecule has 0 aromatic heterocycles. The quantitative estimate of drug-likeness (QED) is 0.137. The fourth-order valence-electron chi connectivity index (χ4n) is 4.54. The number of nitro groups is 2. The van der Waals surface area contributed by atoms with Gasteiger partial charge in [0.05, 0.1) is 37.6 Å². The molecule has 2 aromatic carbocycles. The number of aliphatic hydroxyl groups is 1. The summed E-state index contributed by atoms with van der Waals surface area (Å²) in [6.45, 7) is 14.4. The summed E-state index contributed by atoms with van der Waals surface area (Å²) >= 11 is 0. The van der Waals surface area contributed by atoms with Crippen LogP contribution in [0.15, 0.2) is 48.5 Å². The summed E-state index contributed by atoms with van der Waals surface area (Å²) in [5.41, 5.74) is 1.15. The molecule has 51 heavy (non-hydrogen) atoms. The number of rotatable bonds is 4. The summed E-state index contributed by atoms with van der Waals surface area (Å²) in [7, 11) is -1.42. The molecular formula is C35H56IKN4O9S. The number of nitrogens with zero attached hydrogens (tertiary/aromatic N) is 4. The van der Waals surface area contributed by atoms with Crippen molar-refractivity contribution in [1.82, 2.24) is 0 Å². The third-order valence-electron chi connectivity index (χ3n) is 6.81. The number of nitro benzene ring substituents is 2. The molecule has 5 rings (SSSR count). The van der Waals surface area contributed by atoms with Crippen molar-refractivity contribution < 1.29 is 109 Å². The average Bonchev–Trinajstić information content (AvgIpc) is 2.95. The zero-order chi connectivity index (χ0) is 37.6. The number of ketones is 1. The Morgan fingerprint density at radius 3 is 1.25 bits per heavy atom. The Balaban J connectivity index is 0. The van der Waals surface area contributed by atoms with Crippen LogP contribution in [0.2, 0.25) is 0 Å². The van der Waals surface area contributed by atoms with Crippen molar-refractivity contribution in [3.8, 4) is 0 Å². The number of non-ortho nitro benzene ring substituents is 2. The van der Waals surface area contributed by atoms with E-state index in [2.05, 4.69) is 9.80 Å². The van der Waals surface area contributed by atoms with Crippen molar-refractivity contribution >= 4 is 38.5 Å². The molecule has 0 radical (unpaired) electrons. The molecular weight excluding hydrogens is 818 g/mol. The Hall–Kier alpha value is -1.09. The zero-order valence-electron chi connectivity index (χ0n) is 32.0. The number of hydrogen-bond donors (Lipinski definition) is 1. The second kappa shape index (κ2) is 23.6. The fraction of sp³-hybridized carbons (Fsp3) is 0.629. The van der Waals surface area contributed by atoms with Gasteiger partial charge in [-0.05, 0) is 64.3 Å². The molecule has 3 aliphatic heterocycles. The van der Waals surface area contributed by atoms with E-state index >= 15 is 0 Å². The van der Waals surface area contributed by atoms with E-state index in [1.165, 1.54) is 18.6 Å². The predicted molar refractivity (Wildman–Crippen MR) is 195 cm³/mol. The van der Waals surface area contributed by atoms with E-state index in [9.17, 15) is 34.3 Å². The Morgan fingerprint density at radius 1 is 0.745 bits per heavy atom. The van der Waals surface area contributed by atoms with E-state index in [0.717, 1.165) is 43.9 Å². The van der Waals surface area contributed by atoms with Gasteiger partial charge in [-0.15, -0.1) is 9.81 Å². The molecule has 13 nitrogen and oxygen atoms in total. The van der Waals surface area contributed by atoms with Crippen molar-refractivity contribution in [2.75, 3.05) is 61.4 Å². The van der Waals surface area contributed by atoms with Crippen molar-refractivity contribution in [2.45, 2.75) is 90.4 Å². The number of anilines is 2. The smallest absolute Gasteiger partial charge is 1.00 e. The first-order chi connectivity index (χ1) is 22.3. The Labute approximate surface area is 364 Å². The third kappa shape index (κ3) is 25.5. The molecule has 3 aliphatic rings. The number of Topliss-reactive ketones (excluding diaryl/α,β-unsaturated/α-hetero) is 1. The van der Waals surface area contributed by atoms with Crippen LogP contribution in [0.25, 0.3) is 0 Å². The molecule has 3 saturated heterocycles. The van der Waals surface area contributed by atoms with Crippen molar-refractivity contribution in [3.63, 3.8) is 0 Å². The summed E-state index contributed by atoms with van der Waals surface area (Å²) in [6.07, 6.45) is 9.58. The van der Waals surface area contributed by atoms with Gasteiger partial charge in [0.25, 0.3) is 11.4 Å². The van der Waals surface area contributed by atoms with Crippen LogP contribution < -0.4 is 90.3 Å². The number of piperidine rings is 2. The zero-order valence-corrected chi connectivity index (χ0v) is 38.1. The number of hydrogen-bond acceptors (Lipinski definition) is 11. The van der Waals surface area contributed by atoms with Gasteiger partial charge in [-0.1, -0.05) is 20.8 Å². The maximum atomic E-state index is 11.1. The minimum atomic E-state index is -1.42. The van der Waals surface area contributed by atoms with Crippen molar-refractivity contribution in [1.29, 1.82) is 0 Å². The molecule has 1 spiro atoms. The second-order valence-corrected chi connectivity index (χ2v) is 18.3. The standard InChI is InChI=1S/C13H16N2O3.C11H12N2O3.C4H10O.C4H9O.C3H9OS.HI.K/c16-15(17)12-3-1-11(2-4-12)14-8-5-13(6-9-14)7-10-18-13;14-11-5-7-12(8-6-11)9-1-3-10(4-2-9)13(15)16;2*1-4(2,3)5;1-5(2,3)4;;/h1-4H,5-10H2;1-4H,5-8H2;5H,1-3H3;2*1-3H3;1H;/q;;;-1;+1;;+1/p-1. The first-order valence-electron chi connectivity index (χ1n) is 16.3. The largest absolute Gasteiger partial charge is 1.00 e. The SMILES string of the molecule is CC(C)(C)O.CC(C)(C)[O-].C[S+](C)(C)=O.O=C1CCN(c2ccc([N+](=O)[O-])cc2)CC1.O=[N+]([O-])c1ccc(N2CCC3(CCO3)CC2)cc1.[I-].[K+]. The van der Waals surface area contributed by atoms with E-state index in [1.54, 1.807) is 84.6 Å². The molecule has 3 fully saturated rings. The van der Waals surface area contributed by atoms with Gasteiger partial charge in [-0.2, -0.15) is 0 Å². The number of halogens is 1. The van der Waals surface area contributed by atoms with E-state index in [1.807, 2.05) is 12.1 Å². The summed E-state index contributed by atoms with van der Waals surface area (Å²) in [5.74, 6) is 0.290. The van der Waals surface area contributed by atoms with Crippen LogP contribution in [0.1, 0.15) is 73.6 Å². The maximum Gasteiger partial charge on any atom is 1.00 e. The monoisotopic (exact) mass is 874 g/mol. The summed E-state index contributed by atoms with van der Waals surface area (Å²) in [6, 6.07) is 13.2. The summed E-state index contributed by atoms with van der Waals surface area (Å²) < 4.78 is 15.9. The van der Waals surface area contributed by atoms with Crippen LogP contribution >= 0.6 is 0 Å². The normalized spacial score (nSPS) is 16.3. The molecule has 0 amide bonds. The van der Waals surface area contributed by atoms with E-state index in [4.69, 9.17) is 9.84 Å². The Kier molecular flexibility index (Phi) is 24.1. The topological polar surface area (TPSA) is 179 Å². The van der Waals surface area contributed by atoms with E-state index in [0.29, 0.717) is 25.9 Å². The minimum absolute atomic E-state index is 0. The summed E-state index contributed by atoms with van der Waals surface area (Å²) in [4.78, 5) is 35.7. The van der Waals surface area contributed by atoms with Crippen molar-refractivity contribution in [3.05, 3.63) is 68.8 Å². The molecule has 0 atom stereocenters. The minimum Gasteiger partial charge on any atom is -1.00 e. The first-order valence-corrected chi connectivity index (χ1v) is 19.1. The van der Waals surface area contributed by atoms with Gasteiger partial charge in [0.15, 0.2) is 0 Å². The van der Waals surface area contributed by atoms with E-state index < -0.39 is 26.1 Å². The van der Waals surface area contributed by atoms with Crippen LogP contribution in [0.5, 0.6) is 0 Å². The van der Waals surface area contributed by atoms with Gasteiger partial charge >= 0.3 is 51.4 Å². The van der Waals surface area contributed by atoms with E-state index in [-0.39, 0.29) is 103 Å². The maximum absolute atomic E-state index is 11.1. The third-order valence-corrected chi connectivity index (χ3v) is 6.81. The molecule has 3 heterocycles. The Morgan fingerprint density at radius 2 is 1.02 bits per heavy atom. The molecule has 16 heteroatoms. The van der Waals surface area contributed by atoms with Gasteiger partial charge in [-0.25, -0.2) is 0 Å². The van der Waals surface area contributed by atoms with Gasteiger partial charge in [-0.3, -0.25) is 25.0 Å². The predicted octanol–water partition coefficient (Wildman–Crippen LogP) is -0.576. The van der Waals surface area contributed by atoms with Crippen LogP contribution in [0.3, 0.4) is 0 Å². The van der Waals surface area contributed by atoms with Crippen LogP contribution in [0, 0.1) is 20.2 Å². The molecule has 0 bridgehead atoms. The molecule has 0 saturated carbocycles. The van der Waals surface area contributed by atoms with Crippen LogP contribution in [0.4, 0.5) is 22.7 Å². The van der Waals surface area contributed by atoms with Gasteiger partial charge in [0.2, 0.25) is 0 Å². The van der Waals surface area contributed by atoms with Crippen LogP contribution in [-0.2, 0) is 23.7 Å². The summed E-state index contributed by atoms with van der Waals surface area (Å²) in [5, 5.41) is 39.7. The molecule has 284 valence electrons. The van der Waals surface area contributed by atoms with Gasteiger partial charge in [0, 0.05) is 74.7 Å². The average molecular weight is 875 g/mol. The number of carbonyl (C=O) groups is 1.